The number of carbonyl (C=O) groups excluding carboxylic acids is 1. The van der Waals surface area contributed by atoms with Gasteiger partial charge in [-0.3, -0.25) is 5.32 Å². The van der Waals surface area contributed by atoms with E-state index in [0.29, 0.717) is 36.7 Å². The third-order valence-electron chi connectivity index (χ3n) is 6.94. The second-order valence-electron chi connectivity index (χ2n) is 10.9. The Kier molecular flexibility index (Phi) is 7.85. The van der Waals surface area contributed by atoms with Crippen LogP contribution >= 0.6 is 0 Å². The molecule has 4 rings (SSSR count). The monoisotopic (exact) mass is 520 g/mol. The molecule has 1 amide bonds. The molecule has 0 unspecified atom stereocenters. The third-order valence-corrected chi connectivity index (χ3v) is 6.94. The SMILES string of the molecule is C=C(NC(=O)OC(C)(C)C)N1CCC[C@H]1c1nc(-c2ccc(CCC3CCCC3)c(C(F)(F)F)c2)no1. The lowest BCUT2D eigenvalue weighted by atomic mass is 9.94. The molecule has 1 saturated carbocycles. The Morgan fingerprint density at radius 1 is 1.19 bits per heavy atom. The molecule has 2 aromatic rings. The van der Waals surface area contributed by atoms with Crippen LogP contribution in [0.2, 0.25) is 0 Å². The van der Waals surface area contributed by atoms with E-state index in [1.54, 1.807) is 26.8 Å². The van der Waals surface area contributed by atoms with Gasteiger partial charge >= 0.3 is 12.3 Å². The summed E-state index contributed by atoms with van der Waals surface area (Å²) in [4.78, 5) is 18.4. The lowest BCUT2D eigenvalue weighted by Crippen LogP contribution is -2.37. The van der Waals surface area contributed by atoms with Crippen molar-refractivity contribution in [2.45, 2.75) is 90.0 Å². The number of aryl methyl sites for hydroxylation is 1. The lowest BCUT2D eigenvalue weighted by Gasteiger charge is -2.27. The number of carbonyl (C=O) groups is 1. The van der Waals surface area contributed by atoms with Crippen molar-refractivity contribution >= 4 is 6.09 Å². The number of nitrogens with one attached hydrogen (secondary N) is 1. The van der Waals surface area contributed by atoms with E-state index in [4.69, 9.17) is 9.26 Å². The molecule has 0 radical (unpaired) electrons. The molecule has 10 heteroatoms. The van der Waals surface area contributed by atoms with Crippen LogP contribution in [0.5, 0.6) is 0 Å². The van der Waals surface area contributed by atoms with Gasteiger partial charge in [-0.25, -0.2) is 4.79 Å². The second-order valence-corrected chi connectivity index (χ2v) is 10.9. The summed E-state index contributed by atoms with van der Waals surface area (Å²) < 4.78 is 52.5. The van der Waals surface area contributed by atoms with Gasteiger partial charge < -0.3 is 14.2 Å². The summed E-state index contributed by atoms with van der Waals surface area (Å²) >= 11 is 0. The highest BCUT2D eigenvalue weighted by Gasteiger charge is 2.35. The molecule has 1 atom stereocenters. The largest absolute Gasteiger partial charge is 0.444 e. The maximum atomic E-state index is 13.9. The molecule has 1 aromatic heterocycles. The highest BCUT2D eigenvalue weighted by molar-refractivity contribution is 5.69. The van der Waals surface area contributed by atoms with Crippen molar-refractivity contribution in [1.82, 2.24) is 20.4 Å². The second kappa shape index (κ2) is 10.8. The summed E-state index contributed by atoms with van der Waals surface area (Å²) in [7, 11) is 0. The van der Waals surface area contributed by atoms with E-state index in [1.807, 2.05) is 4.90 Å². The van der Waals surface area contributed by atoms with Gasteiger partial charge in [0, 0.05) is 12.1 Å². The summed E-state index contributed by atoms with van der Waals surface area (Å²) in [6, 6.07) is 3.94. The van der Waals surface area contributed by atoms with Crippen molar-refractivity contribution in [1.29, 1.82) is 0 Å². The molecular formula is C27H35F3N4O3. The molecule has 2 heterocycles. The van der Waals surface area contributed by atoms with Crippen LogP contribution in [-0.4, -0.2) is 33.3 Å². The number of aromatic nitrogens is 2. The van der Waals surface area contributed by atoms with Gasteiger partial charge in [0.25, 0.3) is 0 Å². The van der Waals surface area contributed by atoms with Crippen LogP contribution in [0.3, 0.4) is 0 Å². The molecule has 1 aromatic carbocycles. The number of likely N-dealkylation sites (tertiary alicyclic amines) is 1. The Hall–Kier alpha value is -3.04. The van der Waals surface area contributed by atoms with Gasteiger partial charge in [-0.2, -0.15) is 18.2 Å². The number of halogens is 3. The topological polar surface area (TPSA) is 80.5 Å². The van der Waals surface area contributed by atoms with E-state index in [0.717, 1.165) is 31.7 Å². The number of hydrogen-bond donors (Lipinski definition) is 1. The smallest absolute Gasteiger partial charge is 0.416 e. The first-order valence-electron chi connectivity index (χ1n) is 12.9. The van der Waals surface area contributed by atoms with E-state index < -0.39 is 23.4 Å². The number of hydrogen-bond acceptors (Lipinski definition) is 6. The average molecular weight is 521 g/mol. The lowest BCUT2D eigenvalue weighted by molar-refractivity contribution is -0.138. The predicted molar refractivity (Wildman–Crippen MR) is 132 cm³/mol. The van der Waals surface area contributed by atoms with Gasteiger partial charge in [-0.05, 0) is 64.0 Å². The Morgan fingerprint density at radius 3 is 2.59 bits per heavy atom. The van der Waals surface area contributed by atoms with Crippen molar-refractivity contribution in [3.63, 3.8) is 0 Å². The van der Waals surface area contributed by atoms with E-state index in [9.17, 15) is 18.0 Å². The Bertz CT molecular complexity index is 1120. The molecule has 1 aliphatic carbocycles. The van der Waals surface area contributed by atoms with E-state index in [1.165, 1.54) is 18.9 Å². The highest BCUT2D eigenvalue weighted by Crippen LogP contribution is 2.38. The number of ether oxygens (including phenoxy) is 1. The van der Waals surface area contributed by atoms with Crippen LogP contribution in [0.25, 0.3) is 11.4 Å². The fourth-order valence-corrected chi connectivity index (χ4v) is 5.18. The Labute approximate surface area is 215 Å². The highest BCUT2D eigenvalue weighted by atomic mass is 19.4. The number of nitrogens with zero attached hydrogens (tertiary/aromatic N) is 3. The molecule has 1 saturated heterocycles. The number of rotatable bonds is 7. The molecule has 37 heavy (non-hydrogen) atoms. The first-order chi connectivity index (χ1) is 17.4. The maximum Gasteiger partial charge on any atom is 0.416 e. The predicted octanol–water partition coefficient (Wildman–Crippen LogP) is 7.01. The number of alkyl carbamates (subject to hydrolysis) is 1. The van der Waals surface area contributed by atoms with Crippen molar-refractivity contribution in [3.8, 4) is 11.4 Å². The van der Waals surface area contributed by atoms with Gasteiger partial charge in [0.05, 0.1) is 5.56 Å². The minimum Gasteiger partial charge on any atom is -0.444 e. The molecule has 1 aliphatic heterocycles. The van der Waals surface area contributed by atoms with Gasteiger partial charge in [0.1, 0.15) is 17.5 Å². The maximum absolute atomic E-state index is 13.9. The van der Waals surface area contributed by atoms with Gasteiger partial charge in [-0.1, -0.05) is 49.6 Å². The molecule has 2 aliphatic rings. The zero-order chi connectivity index (χ0) is 26.8. The van der Waals surface area contributed by atoms with Crippen LogP contribution < -0.4 is 5.32 Å². The summed E-state index contributed by atoms with van der Waals surface area (Å²) in [6.45, 7) is 9.84. The molecule has 202 valence electrons. The van der Waals surface area contributed by atoms with Gasteiger partial charge in [0.15, 0.2) is 0 Å². The summed E-state index contributed by atoms with van der Waals surface area (Å²) in [5.74, 6) is 1.20. The summed E-state index contributed by atoms with van der Waals surface area (Å²) in [5.41, 5.74) is -0.746. The summed E-state index contributed by atoms with van der Waals surface area (Å²) in [5, 5.41) is 6.61. The van der Waals surface area contributed by atoms with Gasteiger partial charge in [-0.15, -0.1) is 0 Å². The number of benzene rings is 1. The van der Waals surface area contributed by atoms with Crippen LogP contribution in [0.4, 0.5) is 18.0 Å². The van der Waals surface area contributed by atoms with Crippen LogP contribution in [0.1, 0.15) is 88.8 Å². The third kappa shape index (κ3) is 6.84. The molecule has 0 bridgehead atoms. The van der Waals surface area contributed by atoms with Crippen molar-refractivity contribution < 1.29 is 27.2 Å². The number of amides is 1. The fourth-order valence-electron chi connectivity index (χ4n) is 5.18. The molecule has 1 N–H and O–H groups in total. The van der Waals surface area contributed by atoms with Crippen LogP contribution in [0.15, 0.2) is 35.1 Å². The van der Waals surface area contributed by atoms with Crippen LogP contribution in [0, 0.1) is 5.92 Å². The van der Waals surface area contributed by atoms with E-state index in [2.05, 4.69) is 22.0 Å². The molecule has 7 nitrogen and oxygen atoms in total. The average Bonchev–Trinajstić information content (AvgIpc) is 3.57. The van der Waals surface area contributed by atoms with Crippen molar-refractivity contribution in [2.75, 3.05) is 6.54 Å². The normalized spacial score (nSPS) is 18.9. The minimum atomic E-state index is -4.47. The molecule has 2 fully saturated rings. The zero-order valence-electron chi connectivity index (χ0n) is 21.7. The van der Waals surface area contributed by atoms with E-state index >= 15 is 0 Å². The zero-order valence-corrected chi connectivity index (χ0v) is 21.7. The van der Waals surface area contributed by atoms with Crippen molar-refractivity contribution in [3.05, 3.63) is 47.6 Å². The first-order valence-corrected chi connectivity index (χ1v) is 12.9. The van der Waals surface area contributed by atoms with Crippen LogP contribution in [-0.2, 0) is 17.3 Å². The first kappa shape index (κ1) is 27.0. The number of alkyl halides is 3. The molecular weight excluding hydrogens is 485 g/mol. The minimum absolute atomic E-state index is 0.0976. The Morgan fingerprint density at radius 2 is 1.92 bits per heavy atom. The van der Waals surface area contributed by atoms with Crippen molar-refractivity contribution in [2.24, 2.45) is 5.92 Å². The molecule has 0 spiro atoms. The van der Waals surface area contributed by atoms with Gasteiger partial charge in [0.2, 0.25) is 11.7 Å². The Balaban J connectivity index is 1.49. The quantitative estimate of drug-likeness (QED) is 0.423. The standard InChI is InChI=1S/C27H35F3N4O3/c1-17(31-25(35)36-26(2,3)4)34-15-7-10-22(34)24-32-23(33-37-24)20-14-13-19(21(16-20)27(28,29)30)12-11-18-8-5-6-9-18/h13-14,16,18,22H,1,5-12,15H2,2-4H3,(H,31,35)/t22-/m0/s1. The fraction of sp³-hybridized carbons (Fsp3) is 0.593. The summed E-state index contributed by atoms with van der Waals surface area (Å²) in [6.07, 6.45) is 2.08. The van der Waals surface area contributed by atoms with E-state index in [-0.39, 0.29) is 23.3 Å².